The summed E-state index contributed by atoms with van der Waals surface area (Å²) in [6.07, 6.45) is 1.97. The van der Waals surface area contributed by atoms with Crippen molar-refractivity contribution in [3.8, 4) is 0 Å². The number of morpholine rings is 1. The van der Waals surface area contributed by atoms with Crippen LogP contribution in [0, 0.1) is 0 Å². The molecule has 1 atom stereocenters. The first-order valence-corrected chi connectivity index (χ1v) is 10.4. The summed E-state index contributed by atoms with van der Waals surface area (Å²) < 4.78 is 7.63. The van der Waals surface area contributed by atoms with Gasteiger partial charge >= 0.3 is 0 Å². The number of nitrogens with one attached hydrogen (secondary N) is 1. The van der Waals surface area contributed by atoms with Crippen LogP contribution in [0.1, 0.15) is 28.2 Å². The lowest BCUT2D eigenvalue weighted by atomic mass is 10.1. The Hall–Kier alpha value is -2.15. The summed E-state index contributed by atoms with van der Waals surface area (Å²) in [6, 6.07) is 12.5. The minimum Gasteiger partial charge on any atom is -0.379 e. The third kappa shape index (κ3) is 3.78. The van der Waals surface area contributed by atoms with Crippen molar-refractivity contribution in [2.45, 2.75) is 19.5 Å². The highest BCUT2D eigenvalue weighted by Crippen LogP contribution is 2.26. The molecule has 1 saturated heterocycles. The van der Waals surface area contributed by atoms with Crippen LogP contribution in [-0.2, 0) is 11.3 Å². The Kier molecular flexibility index (Phi) is 5.57. The number of thiophene rings is 1. The summed E-state index contributed by atoms with van der Waals surface area (Å²) in [7, 11) is 0. The smallest absolute Gasteiger partial charge is 0.253 e. The average molecular weight is 384 g/mol. The zero-order chi connectivity index (χ0) is 18.6. The second kappa shape index (κ2) is 8.25. The van der Waals surface area contributed by atoms with E-state index in [0.717, 1.165) is 49.3 Å². The van der Waals surface area contributed by atoms with Gasteiger partial charge in [0.25, 0.3) is 5.91 Å². The van der Waals surface area contributed by atoms with Gasteiger partial charge in [0.05, 0.1) is 24.8 Å². The zero-order valence-corrected chi connectivity index (χ0v) is 16.4. The number of para-hydroxylation sites is 1. The second-order valence-electron chi connectivity index (χ2n) is 6.74. The second-order valence-corrected chi connectivity index (χ2v) is 7.71. The van der Waals surface area contributed by atoms with Crippen LogP contribution in [0.4, 0.5) is 0 Å². The molecule has 142 valence electrons. The number of amides is 1. The summed E-state index contributed by atoms with van der Waals surface area (Å²) >= 11 is 1.74. The van der Waals surface area contributed by atoms with Crippen LogP contribution in [-0.4, -0.2) is 48.2 Å². The fourth-order valence-electron chi connectivity index (χ4n) is 3.75. The Morgan fingerprint density at radius 3 is 2.78 bits per heavy atom. The summed E-state index contributed by atoms with van der Waals surface area (Å²) in [5.41, 5.74) is 1.85. The summed E-state index contributed by atoms with van der Waals surface area (Å²) in [6.45, 7) is 6.84. The summed E-state index contributed by atoms with van der Waals surface area (Å²) in [5, 5.41) is 6.29. The molecule has 1 N–H and O–H groups in total. The Bertz CT molecular complexity index is 897. The number of hydrogen-bond acceptors (Lipinski definition) is 4. The van der Waals surface area contributed by atoms with Gasteiger partial charge in [0.1, 0.15) is 0 Å². The molecular formula is C21H25N3O2S. The van der Waals surface area contributed by atoms with Gasteiger partial charge in [-0.1, -0.05) is 24.3 Å². The van der Waals surface area contributed by atoms with E-state index >= 15 is 0 Å². The zero-order valence-electron chi connectivity index (χ0n) is 15.6. The molecule has 0 aliphatic carbocycles. The molecular weight excluding hydrogens is 358 g/mol. The standard InChI is InChI=1S/C21H25N3O2S/c1-2-23-15-17(16-6-3-4-7-18(16)23)21(25)22-14-19(20-8-5-13-27-20)24-9-11-26-12-10-24/h3-8,13,15,19H,2,9-12,14H2,1H3,(H,22,25)/t19-/m0/s1. The van der Waals surface area contributed by atoms with Crippen LogP contribution in [0.2, 0.25) is 0 Å². The molecule has 0 spiro atoms. The molecule has 1 aliphatic heterocycles. The minimum atomic E-state index is -0.00628. The highest BCUT2D eigenvalue weighted by molar-refractivity contribution is 7.10. The van der Waals surface area contributed by atoms with Crippen LogP contribution >= 0.6 is 11.3 Å². The molecule has 0 radical (unpaired) electrons. The fourth-order valence-corrected chi connectivity index (χ4v) is 4.61. The predicted molar refractivity (Wildman–Crippen MR) is 109 cm³/mol. The third-order valence-electron chi connectivity index (χ3n) is 5.19. The molecule has 1 amide bonds. The molecule has 3 aromatic rings. The molecule has 5 nitrogen and oxygen atoms in total. The Balaban J connectivity index is 1.53. The van der Waals surface area contributed by atoms with Crippen molar-refractivity contribution in [2.24, 2.45) is 0 Å². The van der Waals surface area contributed by atoms with E-state index in [1.54, 1.807) is 11.3 Å². The van der Waals surface area contributed by atoms with Crippen molar-refractivity contribution in [3.05, 3.63) is 58.4 Å². The molecule has 0 saturated carbocycles. The quantitative estimate of drug-likeness (QED) is 0.708. The Morgan fingerprint density at radius 1 is 1.22 bits per heavy atom. The maximum absolute atomic E-state index is 13.0. The molecule has 2 aromatic heterocycles. The van der Waals surface area contributed by atoms with E-state index in [4.69, 9.17) is 4.74 Å². The van der Waals surface area contributed by atoms with E-state index in [0.29, 0.717) is 6.54 Å². The molecule has 4 rings (SSSR count). The van der Waals surface area contributed by atoms with Gasteiger partial charge in [-0.2, -0.15) is 0 Å². The van der Waals surface area contributed by atoms with E-state index < -0.39 is 0 Å². The maximum Gasteiger partial charge on any atom is 0.253 e. The number of hydrogen-bond donors (Lipinski definition) is 1. The predicted octanol–water partition coefficient (Wildman–Crippen LogP) is 3.53. The Labute approximate surface area is 163 Å². The van der Waals surface area contributed by atoms with Crippen LogP contribution in [0.15, 0.2) is 48.0 Å². The van der Waals surface area contributed by atoms with Crippen molar-refractivity contribution in [2.75, 3.05) is 32.8 Å². The van der Waals surface area contributed by atoms with Crippen LogP contribution in [0.25, 0.3) is 10.9 Å². The number of nitrogens with zero attached hydrogens (tertiary/aromatic N) is 2. The van der Waals surface area contributed by atoms with E-state index in [1.165, 1.54) is 4.88 Å². The van der Waals surface area contributed by atoms with Crippen LogP contribution < -0.4 is 5.32 Å². The number of fused-ring (bicyclic) bond motifs is 1. The van der Waals surface area contributed by atoms with Crippen molar-refractivity contribution >= 4 is 28.1 Å². The average Bonchev–Trinajstić information content (AvgIpc) is 3.37. The van der Waals surface area contributed by atoms with E-state index in [1.807, 2.05) is 24.4 Å². The first-order chi connectivity index (χ1) is 13.3. The van der Waals surface area contributed by atoms with Crippen molar-refractivity contribution in [3.63, 3.8) is 0 Å². The highest BCUT2D eigenvalue weighted by Gasteiger charge is 2.24. The fraction of sp³-hybridized carbons (Fsp3) is 0.381. The topological polar surface area (TPSA) is 46.5 Å². The van der Waals surface area contributed by atoms with Crippen LogP contribution in [0.5, 0.6) is 0 Å². The number of carbonyl (C=O) groups excluding carboxylic acids is 1. The van der Waals surface area contributed by atoms with Gasteiger partial charge in [0.2, 0.25) is 0 Å². The number of carbonyl (C=O) groups is 1. The van der Waals surface area contributed by atoms with Crippen molar-refractivity contribution in [1.82, 2.24) is 14.8 Å². The normalized spacial score (nSPS) is 16.5. The maximum atomic E-state index is 13.0. The van der Waals surface area contributed by atoms with Crippen LogP contribution in [0.3, 0.4) is 0 Å². The number of aryl methyl sites for hydroxylation is 1. The third-order valence-corrected chi connectivity index (χ3v) is 6.16. The monoisotopic (exact) mass is 383 g/mol. The molecule has 1 aromatic carbocycles. The number of benzene rings is 1. The lowest BCUT2D eigenvalue weighted by molar-refractivity contribution is 0.0169. The molecule has 1 aliphatic rings. The summed E-state index contributed by atoms with van der Waals surface area (Å²) in [4.78, 5) is 16.7. The molecule has 1 fully saturated rings. The van der Waals surface area contributed by atoms with Gasteiger partial charge in [-0.25, -0.2) is 0 Å². The number of rotatable bonds is 6. The molecule has 6 heteroatoms. The van der Waals surface area contributed by atoms with Gasteiger partial charge in [-0.3, -0.25) is 9.69 Å². The highest BCUT2D eigenvalue weighted by atomic mass is 32.1. The van der Waals surface area contributed by atoms with Gasteiger partial charge < -0.3 is 14.6 Å². The van der Waals surface area contributed by atoms with Gasteiger partial charge in [-0.15, -0.1) is 11.3 Å². The first kappa shape index (κ1) is 18.2. The molecule has 0 unspecified atom stereocenters. The largest absolute Gasteiger partial charge is 0.379 e. The molecule has 0 bridgehead atoms. The number of aromatic nitrogens is 1. The number of ether oxygens (including phenoxy) is 1. The van der Waals surface area contributed by atoms with Crippen molar-refractivity contribution in [1.29, 1.82) is 0 Å². The van der Waals surface area contributed by atoms with E-state index in [2.05, 4.69) is 45.3 Å². The van der Waals surface area contributed by atoms with Crippen molar-refractivity contribution < 1.29 is 9.53 Å². The Morgan fingerprint density at radius 2 is 2.04 bits per heavy atom. The lowest BCUT2D eigenvalue weighted by Crippen LogP contribution is -2.43. The van der Waals surface area contributed by atoms with E-state index in [9.17, 15) is 4.79 Å². The lowest BCUT2D eigenvalue weighted by Gasteiger charge is -2.34. The van der Waals surface area contributed by atoms with Gasteiger partial charge in [0.15, 0.2) is 0 Å². The van der Waals surface area contributed by atoms with E-state index in [-0.39, 0.29) is 11.9 Å². The van der Waals surface area contributed by atoms with Gasteiger partial charge in [-0.05, 0) is 24.4 Å². The first-order valence-electron chi connectivity index (χ1n) is 9.49. The molecule has 3 heterocycles. The SMILES string of the molecule is CCn1cc(C(=O)NC[C@@H](c2cccs2)N2CCOCC2)c2ccccc21. The summed E-state index contributed by atoms with van der Waals surface area (Å²) in [5.74, 6) is -0.00628. The van der Waals surface area contributed by atoms with Gasteiger partial charge in [0, 0.05) is 48.2 Å². The molecule has 27 heavy (non-hydrogen) atoms. The minimum absolute atomic E-state index is 0.00628.